The summed E-state index contributed by atoms with van der Waals surface area (Å²) in [5.74, 6) is 0. The number of rotatable bonds is 4. The van der Waals surface area contributed by atoms with E-state index in [0.717, 1.165) is 47.1 Å². The van der Waals surface area contributed by atoms with Gasteiger partial charge in [0.25, 0.3) is 5.69 Å². The molecule has 0 saturated carbocycles. The molecule has 2 aromatic carbocycles. The molecule has 132 valence electrons. The lowest BCUT2D eigenvalue weighted by molar-refractivity contribution is -0.384. The lowest BCUT2D eigenvalue weighted by atomic mass is 10.2. The van der Waals surface area contributed by atoms with E-state index in [9.17, 15) is 10.1 Å². The molecule has 0 atom stereocenters. The van der Waals surface area contributed by atoms with Gasteiger partial charge in [-0.3, -0.25) is 10.1 Å². The number of nitrogens with zero attached hydrogens (tertiary/aromatic N) is 3. The minimum Gasteiger partial charge on any atom is -0.378 e. The van der Waals surface area contributed by atoms with E-state index in [1.807, 2.05) is 12.2 Å². The van der Waals surface area contributed by atoms with Crippen LogP contribution in [0.4, 0.5) is 11.4 Å². The second-order valence-corrected chi connectivity index (χ2v) is 7.05. The van der Waals surface area contributed by atoms with Crippen molar-refractivity contribution in [2.24, 2.45) is 0 Å². The van der Waals surface area contributed by atoms with Gasteiger partial charge in [0.05, 0.1) is 28.4 Å². The van der Waals surface area contributed by atoms with Crippen LogP contribution in [0.5, 0.6) is 0 Å². The van der Waals surface area contributed by atoms with E-state index in [0.29, 0.717) is 0 Å². The van der Waals surface area contributed by atoms with Crippen LogP contribution < -0.4 is 4.90 Å². The fraction of sp³-hybridized carbons (Fsp3) is 0.211. The predicted molar refractivity (Wildman–Crippen MR) is 105 cm³/mol. The number of benzene rings is 2. The molecular weight excluding hydrogens is 350 g/mol. The van der Waals surface area contributed by atoms with Crippen LogP contribution in [-0.2, 0) is 4.74 Å². The predicted octanol–water partition coefficient (Wildman–Crippen LogP) is 4.21. The Balaban J connectivity index is 1.50. The first kappa shape index (κ1) is 16.7. The van der Waals surface area contributed by atoms with Crippen molar-refractivity contribution in [2.75, 3.05) is 31.2 Å². The average molecular weight is 367 g/mol. The summed E-state index contributed by atoms with van der Waals surface area (Å²) < 4.78 is 6.20. The Labute approximate surface area is 154 Å². The van der Waals surface area contributed by atoms with E-state index in [-0.39, 0.29) is 10.6 Å². The van der Waals surface area contributed by atoms with E-state index in [4.69, 9.17) is 4.74 Å². The lowest BCUT2D eigenvalue weighted by Gasteiger charge is -2.28. The minimum atomic E-state index is -0.384. The van der Waals surface area contributed by atoms with Gasteiger partial charge in [-0.1, -0.05) is 18.2 Å². The maximum atomic E-state index is 10.9. The van der Waals surface area contributed by atoms with Crippen molar-refractivity contribution in [3.63, 3.8) is 0 Å². The van der Waals surface area contributed by atoms with Crippen LogP contribution in [0.2, 0.25) is 0 Å². The summed E-state index contributed by atoms with van der Waals surface area (Å²) in [4.78, 5) is 17.3. The van der Waals surface area contributed by atoms with Crippen molar-refractivity contribution in [2.45, 2.75) is 0 Å². The summed E-state index contributed by atoms with van der Waals surface area (Å²) in [5.41, 5.74) is 3.17. The third-order valence-electron chi connectivity index (χ3n) is 4.29. The molecule has 0 aliphatic carbocycles. The quantitative estimate of drug-likeness (QED) is 0.510. The third-order valence-corrected chi connectivity index (χ3v) is 5.27. The molecule has 0 unspecified atom stereocenters. The molecule has 7 heteroatoms. The monoisotopic (exact) mass is 367 g/mol. The van der Waals surface area contributed by atoms with Crippen molar-refractivity contribution in [3.05, 3.63) is 63.1 Å². The van der Waals surface area contributed by atoms with Crippen LogP contribution >= 0.6 is 11.3 Å². The Morgan fingerprint density at radius 1 is 1.12 bits per heavy atom. The highest BCUT2D eigenvalue weighted by molar-refractivity contribution is 7.19. The largest absolute Gasteiger partial charge is 0.378 e. The van der Waals surface area contributed by atoms with Crippen LogP contribution in [0.3, 0.4) is 0 Å². The van der Waals surface area contributed by atoms with Gasteiger partial charge < -0.3 is 9.64 Å². The van der Waals surface area contributed by atoms with E-state index in [2.05, 4.69) is 34.1 Å². The Morgan fingerprint density at radius 3 is 2.62 bits per heavy atom. The second-order valence-electron chi connectivity index (χ2n) is 5.99. The number of aromatic nitrogens is 1. The van der Waals surface area contributed by atoms with Crippen LogP contribution in [0, 0.1) is 10.1 Å². The number of hydrogen-bond donors (Lipinski definition) is 0. The zero-order valence-electron chi connectivity index (χ0n) is 14.0. The van der Waals surface area contributed by atoms with Crippen LogP contribution in [0.15, 0.2) is 42.5 Å². The molecule has 0 bridgehead atoms. The number of morpholine rings is 1. The minimum absolute atomic E-state index is 0.0929. The Bertz CT molecular complexity index is 960. The summed E-state index contributed by atoms with van der Waals surface area (Å²) >= 11 is 1.45. The Hall–Kier alpha value is -2.77. The number of anilines is 1. The van der Waals surface area contributed by atoms with Crippen LogP contribution in [-0.4, -0.2) is 36.2 Å². The highest BCUT2D eigenvalue weighted by Gasteiger charge is 2.11. The summed E-state index contributed by atoms with van der Waals surface area (Å²) in [5, 5.41) is 11.7. The number of nitro benzene ring substituents is 1. The van der Waals surface area contributed by atoms with Crippen molar-refractivity contribution < 1.29 is 9.66 Å². The van der Waals surface area contributed by atoms with Crippen LogP contribution in [0.25, 0.3) is 22.4 Å². The lowest BCUT2D eigenvalue weighted by Crippen LogP contribution is -2.36. The number of hydrogen-bond acceptors (Lipinski definition) is 6. The molecular formula is C19H17N3O3S. The van der Waals surface area contributed by atoms with Crippen molar-refractivity contribution in [3.8, 4) is 0 Å². The molecule has 6 nitrogen and oxygen atoms in total. The highest BCUT2D eigenvalue weighted by atomic mass is 32.1. The first-order valence-corrected chi connectivity index (χ1v) is 9.16. The first-order chi connectivity index (χ1) is 12.7. The van der Waals surface area contributed by atoms with Crippen LogP contribution in [0.1, 0.15) is 10.6 Å². The van der Waals surface area contributed by atoms with Gasteiger partial charge >= 0.3 is 0 Å². The third kappa shape index (κ3) is 3.58. The van der Waals surface area contributed by atoms with Crippen molar-refractivity contribution >= 4 is 45.1 Å². The van der Waals surface area contributed by atoms with Gasteiger partial charge in [-0.15, -0.1) is 11.3 Å². The van der Waals surface area contributed by atoms with Crippen molar-refractivity contribution in [1.29, 1.82) is 0 Å². The van der Waals surface area contributed by atoms with E-state index < -0.39 is 0 Å². The van der Waals surface area contributed by atoms with Gasteiger partial charge in [0.2, 0.25) is 0 Å². The average Bonchev–Trinajstić information content (AvgIpc) is 3.09. The second kappa shape index (κ2) is 7.23. The molecule has 0 N–H and O–H groups in total. The van der Waals surface area contributed by atoms with Gasteiger partial charge in [0, 0.05) is 30.9 Å². The zero-order chi connectivity index (χ0) is 17.9. The fourth-order valence-corrected chi connectivity index (χ4v) is 3.80. The van der Waals surface area contributed by atoms with Gasteiger partial charge in [-0.25, -0.2) is 4.98 Å². The van der Waals surface area contributed by atoms with Gasteiger partial charge in [-0.05, 0) is 29.8 Å². The topological polar surface area (TPSA) is 68.5 Å². The molecule has 0 amide bonds. The SMILES string of the molecule is O=[N+]([O-])c1ccc2nc(/C=C/c3ccc(N4CCOCC4)cc3)sc2c1. The number of thiazole rings is 1. The number of nitro groups is 1. The van der Waals surface area contributed by atoms with Gasteiger partial charge in [-0.2, -0.15) is 0 Å². The highest BCUT2D eigenvalue weighted by Crippen LogP contribution is 2.27. The summed E-state index contributed by atoms with van der Waals surface area (Å²) in [6.07, 6.45) is 3.95. The number of ether oxygens (including phenoxy) is 1. The van der Waals surface area contributed by atoms with Crippen molar-refractivity contribution in [1.82, 2.24) is 4.98 Å². The molecule has 1 saturated heterocycles. The number of non-ortho nitro benzene ring substituents is 1. The molecule has 1 aromatic heterocycles. The first-order valence-electron chi connectivity index (χ1n) is 8.35. The molecule has 0 radical (unpaired) electrons. The smallest absolute Gasteiger partial charge is 0.270 e. The zero-order valence-corrected chi connectivity index (χ0v) is 14.8. The Morgan fingerprint density at radius 2 is 1.88 bits per heavy atom. The summed E-state index contributed by atoms with van der Waals surface area (Å²) in [7, 11) is 0. The molecule has 1 fully saturated rings. The molecule has 26 heavy (non-hydrogen) atoms. The Kier molecular flexibility index (Phi) is 4.64. The van der Waals surface area contributed by atoms with E-state index >= 15 is 0 Å². The summed E-state index contributed by atoms with van der Waals surface area (Å²) in [6, 6.07) is 13.2. The maximum Gasteiger partial charge on any atom is 0.270 e. The fourth-order valence-electron chi connectivity index (χ4n) is 2.90. The molecule has 2 heterocycles. The maximum absolute atomic E-state index is 10.9. The summed E-state index contributed by atoms with van der Waals surface area (Å²) in [6.45, 7) is 3.40. The van der Waals surface area contributed by atoms with Gasteiger partial charge in [0.15, 0.2) is 0 Å². The van der Waals surface area contributed by atoms with E-state index in [1.54, 1.807) is 12.1 Å². The van der Waals surface area contributed by atoms with E-state index in [1.165, 1.54) is 23.1 Å². The molecule has 4 rings (SSSR count). The van der Waals surface area contributed by atoms with Gasteiger partial charge in [0.1, 0.15) is 5.01 Å². The molecule has 1 aliphatic rings. The molecule has 3 aromatic rings. The molecule has 1 aliphatic heterocycles. The normalized spacial score (nSPS) is 15.0. The molecule has 0 spiro atoms. The number of fused-ring (bicyclic) bond motifs is 1. The standard InChI is InChI=1S/C19H17N3O3S/c23-22(24)16-6-7-17-18(13-16)26-19(20-17)8-3-14-1-4-15(5-2-14)21-9-11-25-12-10-21/h1-8,13H,9-12H2/b8-3+.